The van der Waals surface area contributed by atoms with Gasteiger partial charge in [0.25, 0.3) is 0 Å². The lowest BCUT2D eigenvalue weighted by Crippen LogP contribution is -2.51. The van der Waals surface area contributed by atoms with Crippen molar-refractivity contribution >= 4 is 59.5 Å². The van der Waals surface area contributed by atoms with Gasteiger partial charge in [0, 0.05) is 14.1 Å². The predicted molar refractivity (Wildman–Crippen MR) is 133 cm³/mol. The molecule has 0 aromatic carbocycles. The molecule has 0 aromatic rings. The Balaban J connectivity index is 4.59. The number of hydrogen-bond donors (Lipinski definition) is 0. The first-order valence-electron chi connectivity index (χ1n) is 9.91. The quantitative estimate of drug-likeness (QED) is 0.168. The van der Waals surface area contributed by atoms with Gasteiger partial charge in [0.05, 0.1) is 6.61 Å². The van der Waals surface area contributed by atoms with Crippen LogP contribution in [-0.2, 0) is 17.8 Å². The summed E-state index contributed by atoms with van der Waals surface area (Å²) in [7, 11) is -1.84. The number of thiocarbonyl (C=S) groups is 1. The fourth-order valence-corrected chi connectivity index (χ4v) is 17.4. The molecule has 0 saturated carbocycles. The van der Waals surface area contributed by atoms with Gasteiger partial charge >= 0.3 is 14.5 Å². The minimum atomic E-state index is -2.13. The Kier molecular flexibility index (Phi) is 11.2. The molecule has 1 unspecified atom stereocenters. The van der Waals surface area contributed by atoms with Crippen molar-refractivity contribution < 1.29 is 17.8 Å². The molecule has 0 amide bonds. The van der Waals surface area contributed by atoms with E-state index in [0.29, 0.717) is 17.3 Å². The van der Waals surface area contributed by atoms with Crippen LogP contribution in [0.2, 0.25) is 51.9 Å². The standard InChI is InChI=1S/C18H41NO4S2Si3/c1-12-18(2,25-17(24)19(3)4)16(20)21-14-13-15-27(8,9)23-28(10,11)22-26(5,6)7/h12-15H2,1-11H3. The lowest BCUT2D eigenvalue weighted by Gasteiger charge is -2.37. The highest BCUT2D eigenvalue weighted by atomic mass is 32.2. The Hall–Kier alpha value is 0.281. The van der Waals surface area contributed by atoms with Crippen LogP contribution in [0.25, 0.3) is 0 Å². The first-order valence-corrected chi connectivity index (χ1v) is 20.5. The average Bonchev–Trinajstić information content (AvgIpc) is 2.47. The molecular weight excluding hydrogens is 443 g/mol. The smallest absolute Gasteiger partial charge is 0.322 e. The molecule has 0 radical (unpaired) electrons. The molecule has 10 heteroatoms. The van der Waals surface area contributed by atoms with Crippen molar-refractivity contribution in [1.29, 1.82) is 0 Å². The Morgan fingerprint density at radius 2 is 1.61 bits per heavy atom. The Bertz CT molecular complexity index is 539. The van der Waals surface area contributed by atoms with Gasteiger partial charge in [-0.3, -0.25) is 4.79 Å². The maximum absolute atomic E-state index is 12.6. The highest BCUT2D eigenvalue weighted by Crippen LogP contribution is 2.32. The number of thioether (sulfide) groups is 1. The van der Waals surface area contributed by atoms with Crippen LogP contribution in [0.3, 0.4) is 0 Å². The summed E-state index contributed by atoms with van der Waals surface area (Å²) in [6.45, 7) is 19.6. The lowest BCUT2D eigenvalue weighted by molar-refractivity contribution is -0.146. The normalized spacial score (nSPS) is 15.1. The zero-order chi connectivity index (χ0) is 22.4. The van der Waals surface area contributed by atoms with Crippen molar-refractivity contribution in [2.75, 3.05) is 20.7 Å². The van der Waals surface area contributed by atoms with Gasteiger partial charge in [-0.15, -0.1) is 0 Å². The van der Waals surface area contributed by atoms with Crippen molar-refractivity contribution in [1.82, 2.24) is 4.90 Å². The number of rotatable bonds is 11. The number of ether oxygens (including phenoxy) is 1. The van der Waals surface area contributed by atoms with Crippen molar-refractivity contribution in [3.8, 4) is 0 Å². The van der Waals surface area contributed by atoms with Crippen molar-refractivity contribution in [2.45, 2.75) is 83.3 Å². The van der Waals surface area contributed by atoms with Gasteiger partial charge in [0.2, 0.25) is 0 Å². The Morgan fingerprint density at radius 3 is 2.04 bits per heavy atom. The van der Waals surface area contributed by atoms with E-state index in [1.165, 1.54) is 11.8 Å². The fraction of sp³-hybridized carbons (Fsp3) is 0.889. The zero-order valence-corrected chi connectivity index (χ0v) is 24.4. The summed E-state index contributed by atoms with van der Waals surface area (Å²) < 4.78 is 18.5. The summed E-state index contributed by atoms with van der Waals surface area (Å²) in [6.07, 6.45) is 1.48. The van der Waals surface area contributed by atoms with E-state index in [1.807, 2.05) is 32.8 Å². The van der Waals surface area contributed by atoms with Crippen molar-refractivity contribution in [2.24, 2.45) is 0 Å². The molecule has 0 bridgehead atoms. The largest absolute Gasteiger partial charge is 0.465 e. The molecular formula is C18H41NO4S2Si3. The van der Waals surface area contributed by atoms with E-state index in [4.69, 9.17) is 25.2 Å². The van der Waals surface area contributed by atoms with Crippen molar-refractivity contribution in [3.63, 3.8) is 0 Å². The van der Waals surface area contributed by atoms with Crippen LogP contribution in [0.15, 0.2) is 0 Å². The van der Waals surface area contributed by atoms with Crippen LogP contribution < -0.4 is 0 Å². The summed E-state index contributed by atoms with van der Waals surface area (Å²) in [6, 6.07) is 0.942. The van der Waals surface area contributed by atoms with Gasteiger partial charge in [-0.05, 0) is 71.6 Å². The molecule has 0 aliphatic rings. The summed E-state index contributed by atoms with van der Waals surface area (Å²) in [5, 5.41) is 0. The Morgan fingerprint density at radius 1 is 1.07 bits per heavy atom. The molecule has 28 heavy (non-hydrogen) atoms. The van der Waals surface area contributed by atoms with E-state index in [0.717, 1.165) is 12.5 Å². The van der Waals surface area contributed by atoms with Crippen LogP contribution in [-0.4, -0.2) is 65.8 Å². The summed E-state index contributed by atoms with van der Waals surface area (Å²) in [4.78, 5) is 14.5. The van der Waals surface area contributed by atoms with E-state index < -0.39 is 29.9 Å². The van der Waals surface area contributed by atoms with Gasteiger partial charge in [-0.1, -0.05) is 30.9 Å². The van der Waals surface area contributed by atoms with E-state index in [2.05, 4.69) is 45.8 Å². The van der Waals surface area contributed by atoms with Crippen LogP contribution >= 0.6 is 24.0 Å². The van der Waals surface area contributed by atoms with Crippen LogP contribution in [0.4, 0.5) is 0 Å². The molecule has 0 aromatic heterocycles. The molecule has 0 N–H and O–H groups in total. The molecule has 0 aliphatic heterocycles. The number of nitrogens with zero attached hydrogens (tertiary/aromatic N) is 1. The monoisotopic (exact) mass is 483 g/mol. The van der Waals surface area contributed by atoms with Crippen LogP contribution in [0, 0.1) is 0 Å². The topological polar surface area (TPSA) is 48.0 Å². The lowest BCUT2D eigenvalue weighted by atomic mass is 10.1. The summed E-state index contributed by atoms with van der Waals surface area (Å²) >= 11 is 6.75. The average molecular weight is 484 g/mol. The second-order valence-electron chi connectivity index (χ2n) is 9.56. The summed E-state index contributed by atoms with van der Waals surface area (Å²) in [5.41, 5.74) is 0. The van der Waals surface area contributed by atoms with Gasteiger partial charge in [-0.2, -0.15) is 0 Å². The predicted octanol–water partition coefficient (Wildman–Crippen LogP) is 5.44. The molecule has 1 atom stereocenters. The minimum Gasteiger partial charge on any atom is -0.465 e. The van der Waals surface area contributed by atoms with Crippen molar-refractivity contribution in [3.05, 3.63) is 0 Å². The highest BCUT2D eigenvalue weighted by Gasteiger charge is 2.38. The van der Waals surface area contributed by atoms with Gasteiger partial charge in [0.15, 0.2) is 16.6 Å². The maximum atomic E-state index is 12.6. The number of esters is 1. The number of hydrogen-bond acceptors (Lipinski definition) is 6. The number of carbonyl (C=O) groups is 1. The van der Waals surface area contributed by atoms with E-state index in [-0.39, 0.29) is 5.97 Å². The van der Waals surface area contributed by atoms with E-state index in [9.17, 15) is 4.79 Å². The third-order valence-electron chi connectivity index (χ3n) is 4.01. The van der Waals surface area contributed by atoms with Gasteiger partial charge < -0.3 is 17.9 Å². The summed E-state index contributed by atoms with van der Waals surface area (Å²) in [5.74, 6) is -0.193. The molecule has 0 fully saturated rings. The molecule has 0 rings (SSSR count). The fourth-order valence-electron chi connectivity index (χ4n) is 2.83. The van der Waals surface area contributed by atoms with Crippen LogP contribution in [0.5, 0.6) is 0 Å². The minimum absolute atomic E-state index is 0.193. The first-order chi connectivity index (χ1) is 12.4. The van der Waals surface area contributed by atoms with E-state index in [1.54, 1.807) is 0 Å². The molecule has 166 valence electrons. The molecule has 0 aliphatic carbocycles. The Labute approximate surface area is 185 Å². The zero-order valence-electron chi connectivity index (χ0n) is 19.7. The first kappa shape index (κ1) is 28.3. The molecule has 0 saturated heterocycles. The second-order valence-corrected chi connectivity index (χ2v) is 24.4. The second kappa shape index (κ2) is 11.1. The number of carbonyl (C=O) groups excluding carboxylic acids is 1. The van der Waals surface area contributed by atoms with Crippen LogP contribution in [0.1, 0.15) is 26.7 Å². The van der Waals surface area contributed by atoms with E-state index >= 15 is 0 Å². The van der Waals surface area contributed by atoms with Gasteiger partial charge in [0.1, 0.15) is 9.07 Å². The highest BCUT2D eigenvalue weighted by molar-refractivity contribution is 8.24. The maximum Gasteiger partial charge on any atom is 0.322 e. The molecule has 0 heterocycles. The SMILES string of the molecule is CCC(C)(SC(=S)N(C)C)C(=O)OCCC[Si](C)(C)O[Si](C)(C)O[Si](C)(C)C. The third kappa shape index (κ3) is 11.5. The third-order valence-corrected chi connectivity index (χ3v) is 16.2. The molecule has 5 nitrogen and oxygen atoms in total. The molecule has 0 spiro atoms. The van der Waals surface area contributed by atoms with Gasteiger partial charge in [-0.25, -0.2) is 0 Å².